The zero-order chi connectivity index (χ0) is 83.7. The van der Waals surface area contributed by atoms with Crippen molar-refractivity contribution in [2.45, 2.75) is 81.2 Å². The number of carbonyl (C=O) groups is 5. The first-order chi connectivity index (χ1) is 56.7. The summed E-state index contributed by atoms with van der Waals surface area (Å²) in [5, 5.41) is 33.3. The molecule has 117 heavy (non-hydrogen) atoms. The highest BCUT2D eigenvalue weighted by Gasteiger charge is 2.14. The van der Waals surface area contributed by atoms with Crippen LogP contribution in [0.4, 0.5) is 105 Å². The third-order valence-corrected chi connectivity index (χ3v) is 17.3. The lowest BCUT2D eigenvalue weighted by atomic mass is 10.1. The van der Waals surface area contributed by atoms with E-state index in [0.717, 1.165) is 33.8 Å². The van der Waals surface area contributed by atoms with Gasteiger partial charge in [0.2, 0.25) is 0 Å². The number of benzene rings is 6. The molecule has 6 aromatic heterocycles. The molecule has 0 aliphatic rings. The van der Waals surface area contributed by atoms with Crippen LogP contribution >= 0.6 is 11.3 Å². The summed E-state index contributed by atoms with van der Waals surface area (Å²) in [7, 11) is 1.63. The first kappa shape index (κ1) is 88.0. The number of rotatable bonds is 27. The van der Waals surface area contributed by atoms with E-state index in [2.05, 4.69) is 207 Å². The van der Waals surface area contributed by atoms with Gasteiger partial charge in [0, 0.05) is 37.6 Å². The largest absolute Gasteiger partial charge is 0.497 e. The second kappa shape index (κ2) is 47.0. The van der Waals surface area contributed by atoms with Crippen LogP contribution in [0.3, 0.4) is 0 Å². The number of nitrogens with two attached hydrogens (primary N) is 4. The Balaban J connectivity index is 0.000000183. The molecule has 610 valence electrons. The van der Waals surface area contributed by atoms with Crippen molar-refractivity contribution in [1.29, 1.82) is 0 Å². The smallest absolute Gasteiger partial charge is 0.411 e. The molecular weight excluding hydrogens is 1510 g/mol. The van der Waals surface area contributed by atoms with Gasteiger partial charge in [0.1, 0.15) is 58.1 Å². The van der Waals surface area contributed by atoms with Crippen LogP contribution in [0, 0.1) is 13.8 Å². The number of hydrogen-bond acceptors (Lipinski definition) is 26. The molecule has 30 nitrogen and oxygen atoms in total. The maximum absolute atomic E-state index is 11.4. The number of hydrogen-bond donors (Lipinski definition) is 14. The summed E-state index contributed by atoms with van der Waals surface area (Å²) in [6.45, 7) is 17.5. The minimum Gasteiger partial charge on any atom is -0.497 e. The average molecular weight is 1610 g/mol. The molecule has 18 N–H and O–H groups in total. The SMILES string of the molecule is CCOC(=O)Nc1ccc(NCc2ccc(-c3cccs3)cc2)nc1N.CCOC(=O)Nc1ccc(NCc2ccc(C)cc2)nc1.CCOC(=O)Nc1ccc(NCc2ccc(C)cc2)nc1N.CCOC(=O)Nc1ccc(NCc2ccc(OC)cc2)nc1N.CCOC(=O)Nc1ccc(NCc2ccc3ccccc3c2)nc1N. The number of nitrogen functional groups attached to an aromatic ring is 4. The van der Waals surface area contributed by atoms with Gasteiger partial charge in [-0.05, 0) is 183 Å². The summed E-state index contributed by atoms with van der Waals surface area (Å²) in [5.41, 5.74) is 35.1. The molecule has 5 amide bonds. The van der Waals surface area contributed by atoms with Gasteiger partial charge in [-0.1, -0.05) is 139 Å². The molecule has 31 heteroatoms. The number of aryl methyl sites for hydroxylation is 2. The van der Waals surface area contributed by atoms with Crippen LogP contribution in [-0.4, -0.2) is 95.5 Å². The maximum Gasteiger partial charge on any atom is 0.411 e. The highest BCUT2D eigenvalue weighted by Crippen LogP contribution is 2.28. The quantitative estimate of drug-likeness (QED) is 0.0213. The lowest BCUT2D eigenvalue weighted by Crippen LogP contribution is -2.15. The molecule has 0 bridgehead atoms. The van der Waals surface area contributed by atoms with Gasteiger partial charge >= 0.3 is 30.5 Å². The highest BCUT2D eigenvalue weighted by atomic mass is 32.1. The fourth-order valence-corrected chi connectivity index (χ4v) is 11.1. The maximum atomic E-state index is 11.4. The summed E-state index contributed by atoms with van der Waals surface area (Å²) in [5.74, 6) is 5.03. The summed E-state index contributed by atoms with van der Waals surface area (Å²) < 4.78 is 29.2. The molecule has 0 aliphatic carbocycles. The van der Waals surface area contributed by atoms with Gasteiger partial charge in [0.05, 0.1) is 74.8 Å². The summed E-state index contributed by atoms with van der Waals surface area (Å²) in [4.78, 5) is 79.3. The molecule has 0 unspecified atom stereocenters. The predicted molar refractivity (Wildman–Crippen MR) is 468 cm³/mol. The summed E-state index contributed by atoms with van der Waals surface area (Å²) in [6.07, 6.45) is -1.08. The number of fused-ring (bicyclic) bond motifs is 1. The number of methoxy groups -OCH3 is 1. The number of nitrogens with zero attached hydrogens (tertiary/aromatic N) is 5. The van der Waals surface area contributed by atoms with Crippen molar-refractivity contribution < 1.29 is 52.4 Å². The van der Waals surface area contributed by atoms with Crippen LogP contribution in [0.5, 0.6) is 5.75 Å². The Kier molecular flexibility index (Phi) is 35.4. The van der Waals surface area contributed by atoms with Crippen LogP contribution in [0.25, 0.3) is 21.2 Å². The Morgan fingerprint density at radius 1 is 0.350 bits per heavy atom. The highest BCUT2D eigenvalue weighted by molar-refractivity contribution is 7.13. The standard InChI is InChI=1S/C19H20N4O2S.C19H20N4O2.C16H20N4O3.C16H20N4O2.C16H19N3O2/c1-2-25-19(24)22-15-9-10-17(23-18(15)20)21-12-13-5-7-14(8-6-13)16-4-3-11-26-16;1-2-25-19(24)22-16-9-10-17(23-18(16)20)21-12-13-7-8-14-5-3-4-6-15(14)11-13;1-3-23-16(21)19-13-8-9-14(20-15(13)17)18-10-11-4-6-12(22-2)7-5-11;1-3-22-16(21)19-13-8-9-14(20-15(13)17)18-10-12-6-4-11(2)5-7-12;1-3-21-16(20)19-14-8-9-15(18-11-14)17-10-13-6-4-12(2)5-7-13/h3-11H,2,12H2,1H3,(H,22,24)(H3,20,21,23);3-11H,2,12H2,1H3,(H,22,24)(H3,20,21,23);4-9H,3,10H2,1-2H3,(H,19,21)(H3,17,18,20);4-9H,3,10H2,1-2H3,(H,19,21)(H3,17,18,20);4-9,11H,3,10H2,1-2H3,(H,17,18)(H,19,20). The van der Waals surface area contributed by atoms with E-state index >= 15 is 0 Å². The number of aromatic nitrogens is 5. The van der Waals surface area contributed by atoms with Crippen LogP contribution in [-0.2, 0) is 56.4 Å². The van der Waals surface area contributed by atoms with Gasteiger partial charge < -0.3 is 77.9 Å². The number of carbonyl (C=O) groups excluding carboxylic acids is 5. The second-order valence-corrected chi connectivity index (χ2v) is 26.1. The summed E-state index contributed by atoms with van der Waals surface area (Å²) >= 11 is 1.72. The van der Waals surface area contributed by atoms with Crippen molar-refractivity contribution in [2.75, 3.05) is 116 Å². The number of amides is 5. The number of thiophene rings is 1. The van der Waals surface area contributed by atoms with Gasteiger partial charge in [0.15, 0.2) is 0 Å². The van der Waals surface area contributed by atoms with E-state index in [4.69, 9.17) is 51.4 Å². The van der Waals surface area contributed by atoms with E-state index < -0.39 is 30.5 Å². The Morgan fingerprint density at radius 2 is 0.684 bits per heavy atom. The topological polar surface area (TPSA) is 430 Å². The number of pyridine rings is 5. The summed E-state index contributed by atoms with van der Waals surface area (Å²) in [6, 6.07) is 68.7. The van der Waals surface area contributed by atoms with E-state index in [1.165, 1.54) is 37.9 Å². The molecule has 0 saturated carbocycles. The van der Waals surface area contributed by atoms with Gasteiger partial charge in [0.25, 0.3) is 0 Å². The van der Waals surface area contributed by atoms with Crippen molar-refractivity contribution in [3.63, 3.8) is 0 Å². The van der Waals surface area contributed by atoms with Crippen LogP contribution < -0.4 is 80.8 Å². The Bertz CT molecular complexity index is 5110. The van der Waals surface area contributed by atoms with Crippen molar-refractivity contribution in [3.05, 3.63) is 263 Å². The fraction of sp³-hybridized carbons (Fsp3) is 0.209. The van der Waals surface area contributed by atoms with Gasteiger partial charge in [-0.2, -0.15) is 0 Å². The molecule has 6 aromatic carbocycles. The Hall–Kier alpha value is -14.6. The molecule has 12 rings (SSSR count). The third-order valence-electron chi connectivity index (χ3n) is 16.4. The first-order valence-electron chi connectivity index (χ1n) is 37.4. The second-order valence-electron chi connectivity index (χ2n) is 25.1. The van der Waals surface area contributed by atoms with E-state index in [1.54, 1.807) is 114 Å². The molecule has 0 fully saturated rings. The third kappa shape index (κ3) is 30.8. The van der Waals surface area contributed by atoms with Crippen LogP contribution in [0.1, 0.15) is 73.6 Å². The number of nitrogens with one attached hydrogen (secondary N) is 10. The van der Waals surface area contributed by atoms with Crippen molar-refractivity contribution in [1.82, 2.24) is 24.9 Å². The number of anilines is 14. The van der Waals surface area contributed by atoms with Gasteiger partial charge in [-0.15, -0.1) is 11.3 Å². The van der Waals surface area contributed by atoms with Gasteiger partial charge in [-0.3, -0.25) is 26.6 Å². The van der Waals surface area contributed by atoms with Crippen LogP contribution in [0.2, 0.25) is 0 Å². The lowest BCUT2D eigenvalue weighted by molar-refractivity contribution is 0.167. The lowest BCUT2D eigenvalue weighted by Gasteiger charge is -2.11. The van der Waals surface area contributed by atoms with E-state index in [-0.39, 0.29) is 23.3 Å². The first-order valence-corrected chi connectivity index (χ1v) is 38.3. The van der Waals surface area contributed by atoms with E-state index in [1.807, 2.05) is 48.5 Å². The molecule has 0 radical (unpaired) electrons. The molecule has 6 heterocycles. The molecule has 0 spiro atoms. The zero-order valence-corrected chi connectivity index (χ0v) is 67.2. The van der Waals surface area contributed by atoms with Crippen molar-refractivity contribution >= 4 is 133 Å². The molecule has 0 saturated heterocycles. The van der Waals surface area contributed by atoms with Crippen LogP contribution in [0.15, 0.2) is 224 Å². The molecule has 12 aromatic rings. The minimum absolute atomic E-state index is 0.220. The van der Waals surface area contributed by atoms with Crippen molar-refractivity contribution in [3.8, 4) is 16.2 Å². The predicted octanol–water partition coefficient (Wildman–Crippen LogP) is 18.1. The zero-order valence-electron chi connectivity index (χ0n) is 66.4. The van der Waals surface area contributed by atoms with Gasteiger partial charge in [-0.25, -0.2) is 48.9 Å². The van der Waals surface area contributed by atoms with E-state index in [9.17, 15) is 24.0 Å². The monoisotopic (exact) mass is 1610 g/mol. The Morgan fingerprint density at radius 3 is 1.03 bits per heavy atom. The van der Waals surface area contributed by atoms with Crippen molar-refractivity contribution in [2.24, 2.45) is 0 Å². The molecule has 0 aliphatic heterocycles. The average Bonchev–Trinajstić information content (AvgIpc) is 1.30. The molecule has 0 atom stereocenters. The van der Waals surface area contributed by atoms with E-state index in [0.29, 0.717) is 117 Å². The normalized spacial score (nSPS) is 10.2. The fourth-order valence-electron chi connectivity index (χ4n) is 10.4. The minimum atomic E-state index is -0.556. The number of ether oxygens (including phenoxy) is 6. The molecular formula is C86H99N19O11S. The Labute approximate surface area is 683 Å².